The smallest absolute Gasteiger partial charge is 0.161 e. The molecule has 1 saturated carbocycles. The Morgan fingerprint density at radius 3 is 2.54 bits per heavy atom. The highest BCUT2D eigenvalue weighted by molar-refractivity contribution is 8.14. The van der Waals surface area contributed by atoms with Gasteiger partial charge in [-0.15, -0.1) is 0 Å². The molecule has 4 rings (SSSR count). The van der Waals surface area contributed by atoms with Gasteiger partial charge in [-0.3, -0.25) is 15.3 Å². The van der Waals surface area contributed by atoms with Crippen LogP contribution in [0.4, 0.5) is 5.69 Å². The third-order valence-electron chi connectivity index (χ3n) is 7.81. The monoisotopic (exact) mass is 648 g/mol. The van der Waals surface area contributed by atoms with E-state index in [0.29, 0.717) is 24.0 Å². The number of aliphatic hydroxyl groups is 2. The summed E-state index contributed by atoms with van der Waals surface area (Å²) in [6.07, 6.45) is 6.95. The molecule has 0 spiro atoms. The molecule has 2 fully saturated rings. The van der Waals surface area contributed by atoms with E-state index < -0.39 is 5.41 Å². The van der Waals surface area contributed by atoms with Gasteiger partial charge >= 0.3 is 0 Å². The zero-order valence-electron chi connectivity index (χ0n) is 27.6. The Morgan fingerprint density at radius 1 is 1.13 bits per heavy atom. The van der Waals surface area contributed by atoms with Gasteiger partial charge in [-0.1, -0.05) is 38.6 Å². The Morgan fingerprint density at radius 2 is 1.89 bits per heavy atom. The number of amidine groups is 1. The van der Waals surface area contributed by atoms with Crippen molar-refractivity contribution >= 4 is 34.7 Å². The predicted octanol–water partition coefficient (Wildman–Crippen LogP) is 6.45. The highest BCUT2D eigenvalue weighted by atomic mass is 32.2. The summed E-state index contributed by atoms with van der Waals surface area (Å²) in [5.74, 6) is 2.77. The number of allylic oxidation sites excluding steroid dienone is 2. The minimum atomic E-state index is -0.434. The molecule has 0 atom stereocenters. The highest BCUT2D eigenvalue weighted by Gasteiger charge is 2.21. The number of methoxy groups -OCH3 is 1. The molecule has 5 N–H and O–H groups in total. The first-order valence-corrected chi connectivity index (χ1v) is 16.6. The van der Waals surface area contributed by atoms with Gasteiger partial charge in [0.25, 0.3) is 0 Å². The molecule has 1 saturated heterocycles. The van der Waals surface area contributed by atoms with E-state index in [-0.39, 0.29) is 18.2 Å². The SMILES string of the molecule is C/N=C\N=C(\Sc1cccc(NC(NC(=N)/C=C(\O)C(C)(C)C)=C2CC2)c1)c1ccc(OC)c(OCCN2CCC(CO)CC2)c1. The maximum atomic E-state index is 10.3. The molecule has 248 valence electrons. The molecule has 1 aliphatic heterocycles. The number of piperidine rings is 1. The number of thioether (sulfide) groups is 1. The first-order chi connectivity index (χ1) is 22.1. The third-order valence-corrected chi connectivity index (χ3v) is 8.84. The van der Waals surface area contributed by atoms with E-state index in [1.54, 1.807) is 14.2 Å². The number of nitrogens with zero attached hydrogens (tertiary/aromatic N) is 3. The molecule has 2 aliphatic rings. The van der Waals surface area contributed by atoms with E-state index in [0.717, 1.165) is 72.3 Å². The summed E-state index contributed by atoms with van der Waals surface area (Å²) in [5, 5.41) is 35.5. The van der Waals surface area contributed by atoms with Crippen molar-refractivity contribution in [2.45, 2.75) is 51.3 Å². The van der Waals surface area contributed by atoms with E-state index in [4.69, 9.17) is 14.9 Å². The lowest BCUT2D eigenvalue weighted by molar-refractivity contribution is 0.118. The van der Waals surface area contributed by atoms with Gasteiger partial charge in [0.05, 0.1) is 7.11 Å². The Hall–Kier alpha value is -3.80. The number of ether oxygens (including phenoxy) is 2. The number of aliphatic hydroxyl groups excluding tert-OH is 2. The summed E-state index contributed by atoms with van der Waals surface area (Å²) >= 11 is 1.52. The van der Waals surface area contributed by atoms with Crippen molar-refractivity contribution in [3.05, 3.63) is 71.3 Å². The van der Waals surface area contributed by atoms with Crippen molar-refractivity contribution in [3.63, 3.8) is 0 Å². The van der Waals surface area contributed by atoms with Crippen LogP contribution in [0.1, 0.15) is 52.0 Å². The molecule has 0 radical (unpaired) electrons. The second-order valence-corrected chi connectivity index (χ2v) is 13.6. The van der Waals surface area contributed by atoms with E-state index >= 15 is 0 Å². The summed E-state index contributed by atoms with van der Waals surface area (Å²) in [4.78, 5) is 12.1. The second kappa shape index (κ2) is 16.7. The average molecular weight is 649 g/mol. The van der Waals surface area contributed by atoms with Crippen molar-refractivity contribution in [1.29, 1.82) is 5.41 Å². The summed E-state index contributed by atoms with van der Waals surface area (Å²) < 4.78 is 11.8. The van der Waals surface area contributed by atoms with Gasteiger partial charge in [-0.2, -0.15) is 0 Å². The Kier molecular flexibility index (Phi) is 12.7. The molecule has 0 aromatic heterocycles. The van der Waals surface area contributed by atoms with E-state index in [9.17, 15) is 10.2 Å². The van der Waals surface area contributed by atoms with Crippen LogP contribution in [-0.4, -0.2) is 79.3 Å². The zero-order valence-corrected chi connectivity index (χ0v) is 28.4. The van der Waals surface area contributed by atoms with Crippen LogP contribution in [0.5, 0.6) is 11.5 Å². The standard InChI is InChI=1S/C35H48N6O4S/c1-35(2,3)31(43)21-32(36)40-33(25-9-10-25)39-27-7-6-8-28(20-27)46-34(38-23-37-4)26-11-12-29(44-5)30(19-26)45-18-17-41-15-13-24(22-42)14-16-41/h6-8,11-12,19-21,23-24,39,42-43H,9-10,13-18,22H2,1-5H3,(H2,36,40)/b31-21-,37-23-,38-34+. The molecule has 0 amide bonds. The first-order valence-electron chi connectivity index (χ1n) is 15.8. The van der Waals surface area contributed by atoms with Crippen LogP contribution in [0.3, 0.4) is 0 Å². The minimum Gasteiger partial charge on any atom is -0.512 e. The minimum absolute atomic E-state index is 0.122. The number of rotatable bonds is 13. The maximum Gasteiger partial charge on any atom is 0.161 e. The van der Waals surface area contributed by atoms with Crippen LogP contribution in [0.15, 0.2) is 80.6 Å². The zero-order chi connectivity index (χ0) is 33.1. The van der Waals surface area contributed by atoms with Gasteiger partial charge in [0.15, 0.2) is 11.5 Å². The lowest BCUT2D eigenvalue weighted by Crippen LogP contribution is -2.37. The molecule has 2 aromatic rings. The molecule has 0 unspecified atom stereocenters. The van der Waals surface area contributed by atoms with E-state index in [1.165, 1.54) is 29.7 Å². The number of anilines is 1. The number of likely N-dealkylation sites (tertiary alicyclic amines) is 1. The van der Waals surface area contributed by atoms with Crippen LogP contribution >= 0.6 is 11.8 Å². The van der Waals surface area contributed by atoms with E-state index in [2.05, 4.69) is 25.5 Å². The van der Waals surface area contributed by atoms with Crippen molar-refractivity contribution in [3.8, 4) is 11.5 Å². The molecule has 11 heteroatoms. The van der Waals surface area contributed by atoms with Gasteiger partial charge in [0, 0.05) is 47.8 Å². The Bertz CT molecular complexity index is 1470. The lowest BCUT2D eigenvalue weighted by Gasteiger charge is -2.30. The Labute approximate surface area is 277 Å². The van der Waals surface area contributed by atoms with Crippen LogP contribution in [-0.2, 0) is 0 Å². The average Bonchev–Trinajstić information content (AvgIpc) is 3.89. The van der Waals surface area contributed by atoms with Crippen molar-refractivity contribution < 1.29 is 19.7 Å². The molecule has 1 heterocycles. The fourth-order valence-electron chi connectivity index (χ4n) is 4.81. The summed E-state index contributed by atoms with van der Waals surface area (Å²) in [6, 6.07) is 13.9. The number of nitrogens with one attached hydrogen (secondary N) is 3. The normalized spacial score (nSPS) is 16.4. The van der Waals surface area contributed by atoms with Crippen LogP contribution in [0.2, 0.25) is 0 Å². The molecule has 0 bridgehead atoms. The fraction of sp³-hybridized carbons (Fsp3) is 0.457. The highest BCUT2D eigenvalue weighted by Crippen LogP contribution is 2.34. The fourth-order valence-corrected chi connectivity index (χ4v) is 5.71. The van der Waals surface area contributed by atoms with Gasteiger partial charge < -0.3 is 30.3 Å². The summed E-state index contributed by atoms with van der Waals surface area (Å²) in [6.45, 7) is 9.26. The quantitative estimate of drug-likeness (QED) is 0.0725. The van der Waals surface area contributed by atoms with E-state index in [1.807, 2.05) is 63.2 Å². The molecule has 2 aromatic carbocycles. The van der Waals surface area contributed by atoms with Crippen LogP contribution in [0, 0.1) is 16.7 Å². The topological polar surface area (TPSA) is 135 Å². The first kappa shape index (κ1) is 35.1. The molecule has 10 nitrogen and oxygen atoms in total. The number of hydrogen-bond donors (Lipinski definition) is 5. The number of hydrogen-bond acceptors (Lipinski definition) is 9. The predicted molar refractivity (Wildman–Crippen MR) is 189 cm³/mol. The lowest BCUT2D eigenvalue weighted by atomic mass is 9.93. The number of aliphatic imine (C=N–C) groups is 2. The molecular weight excluding hydrogens is 600 g/mol. The second-order valence-electron chi connectivity index (χ2n) is 12.5. The largest absolute Gasteiger partial charge is 0.512 e. The number of benzene rings is 2. The molecule has 1 aliphatic carbocycles. The van der Waals surface area contributed by atoms with Gasteiger partial charge in [0.2, 0.25) is 0 Å². The van der Waals surface area contributed by atoms with Crippen molar-refractivity contribution in [2.75, 3.05) is 52.3 Å². The van der Waals surface area contributed by atoms with Crippen molar-refractivity contribution in [2.24, 2.45) is 21.3 Å². The van der Waals surface area contributed by atoms with Gasteiger partial charge in [0.1, 0.15) is 35.4 Å². The third kappa shape index (κ3) is 10.6. The molecule has 46 heavy (non-hydrogen) atoms. The Balaban J connectivity index is 1.46. The van der Waals surface area contributed by atoms with Gasteiger partial charge in [-0.05, 0) is 86.7 Å². The molecular formula is C35H48N6O4S. The van der Waals surface area contributed by atoms with Crippen LogP contribution in [0.25, 0.3) is 0 Å². The summed E-state index contributed by atoms with van der Waals surface area (Å²) in [7, 11) is 3.33. The summed E-state index contributed by atoms with van der Waals surface area (Å²) in [5.41, 5.74) is 2.52. The van der Waals surface area contributed by atoms with Crippen LogP contribution < -0.4 is 20.1 Å². The van der Waals surface area contributed by atoms with Crippen molar-refractivity contribution in [1.82, 2.24) is 10.2 Å². The van der Waals surface area contributed by atoms with Gasteiger partial charge in [-0.25, -0.2) is 4.99 Å². The maximum absolute atomic E-state index is 10.3.